The summed E-state index contributed by atoms with van der Waals surface area (Å²) in [5.41, 5.74) is 1.23. The minimum Gasteiger partial charge on any atom is -0.545 e. The average Bonchev–Trinajstić information content (AvgIpc) is 3.00. The maximum absolute atomic E-state index is 11.2. The standard InChI is InChI=1S/C17H14N4O3S/c1-24-13-8-6-11(7-9-13)15-19-20-17(25)21(15)18-10-12-4-2-3-5-14(12)16(22)23/h2-10H,1H3,(H,20,25)(H,22,23)/p-1. The van der Waals surface area contributed by atoms with Crippen LogP contribution in [0.5, 0.6) is 5.75 Å². The first kappa shape index (κ1) is 16.6. The SMILES string of the molecule is COc1ccc(-c2n[nH]c(=S)n2N=Cc2ccccc2C(=O)[O-])cc1. The average molecular weight is 353 g/mol. The molecule has 0 amide bonds. The molecular formula is C17H13N4O3S-. The Hall–Kier alpha value is -3.26. The zero-order valence-corrected chi connectivity index (χ0v) is 14.0. The maximum atomic E-state index is 11.2. The summed E-state index contributed by atoms with van der Waals surface area (Å²) in [4.78, 5) is 11.2. The molecular weight excluding hydrogens is 340 g/mol. The van der Waals surface area contributed by atoms with Gasteiger partial charge >= 0.3 is 0 Å². The lowest BCUT2D eigenvalue weighted by atomic mass is 10.1. The number of nitrogens with zero attached hydrogens (tertiary/aromatic N) is 3. The Balaban J connectivity index is 2.00. The topological polar surface area (TPSA) is 95.3 Å². The minimum atomic E-state index is -1.27. The van der Waals surface area contributed by atoms with Gasteiger partial charge in [-0.3, -0.25) is 0 Å². The van der Waals surface area contributed by atoms with Crippen molar-refractivity contribution in [2.45, 2.75) is 0 Å². The number of carbonyl (C=O) groups excluding carboxylic acids is 1. The molecule has 126 valence electrons. The lowest BCUT2D eigenvalue weighted by Crippen LogP contribution is -2.23. The summed E-state index contributed by atoms with van der Waals surface area (Å²) in [5.74, 6) is -0.0566. The first-order chi connectivity index (χ1) is 12.1. The highest BCUT2D eigenvalue weighted by Crippen LogP contribution is 2.20. The largest absolute Gasteiger partial charge is 0.545 e. The van der Waals surface area contributed by atoms with Crippen LogP contribution >= 0.6 is 12.2 Å². The zero-order valence-electron chi connectivity index (χ0n) is 13.2. The normalized spacial score (nSPS) is 10.9. The molecule has 0 aliphatic carbocycles. The molecule has 0 fully saturated rings. The van der Waals surface area contributed by atoms with Crippen molar-refractivity contribution in [3.05, 3.63) is 64.4 Å². The van der Waals surface area contributed by atoms with Gasteiger partial charge in [0.15, 0.2) is 5.82 Å². The number of nitrogens with one attached hydrogen (secondary N) is 1. The molecule has 8 heteroatoms. The summed E-state index contributed by atoms with van der Waals surface area (Å²) in [5, 5.41) is 22.3. The van der Waals surface area contributed by atoms with Gasteiger partial charge in [-0.05, 0) is 36.5 Å². The molecule has 0 aliphatic heterocycles. The van der Waals surface area contributed by atoms with Crippen LogP contribution < -0.4 is 9.84 Å². The van der Waals surface area contributed by atoms with E-state index in [0.29, 0.717) is 11.4 Å². The fourth-order valence-corrected chi connectivity index (χ4v) is 2.42. The Morgan fingerprint density at radius 3 is 2.68 bits per heavy atom. The number of benzene rings is 2. The molecule has 2 aromatic carbocycles. The van der Waals surface area contributed by atoms with Crippen molar-refractivity contribution in [3.8, 4) is 17.1 Å². The van der Waals surface area contributed by atoms with Crippen molar-refractivity contribution >= 4 is 24.4 Å². The van der Waals surface area contributed by atoms with Gasteiger partial charge in [0, 0.05) is 16.7 Å². The van der Waals surface area contributed by atoms with E-state index >= 15 is 0 Å². The Kier molecular flexibility index (Phi) is 4.71. The highest BCUT2D eigenvalue weighted by atomic mass is 32.1. The number of carboxylic acids is 1. The molecule has 0 spiro atoms. The van der Waals surface area contributed by atoms with E-state index in [1.165, 1.54) is 17.0 Å². The molecule has 0 saturated heterocycles. The number of carboxylic acid groups (broad SMARTS) is 1. The lowest BCUT2D eigenvalue weighted by Gasteiger charge is -2.06. The quantitative estimate of drug-likeness (QED) is 0.558. The van der Waals surface area contributed by atoms with Crippen molar-refractivity contribution < 1.29 is 14.6 Å². The van der Waals surface area contributed by atoms with Crippen LogP contribution in [0.4, 0.5) is 0 Å². The Morgan fingerprint density at radius 1 is 1.28 bits per heavy atom. The molecule has 0 aliphatic rings. The van der Waals surface area contributed by atoms with Gasteiger partial charge in [-0.2, -0.15) is 14.9 Å². The van der Waals surface area contributed by atoms with Crippen LogP contribution in [0.25, 0.3) is 11.4 Å². The molecule has 1 N–H and O–H groups in total. The number of aromatic nitrogens is 3. The summed E-state index contributed by atoms with van der Waals surface area (Å²) in [6.45, 7) is 0. The van der Waals surface area contributed by atoms with Gasteiger partial charge in [0.2, 0.25) is 4.77 Å². The van der Waals surface area contributed by atoms with E-state index in [1.54, 1.807) is 37.4 Å². The molecule has 0 radical (unpaired) electrons. The van der Waals surface area contributed by atoms with Gasteiger partial charge in [0.05, 0.1) is 19.3 Å². The van der Waals surface area contributed by atoms with E-state index in [4.69, 9.17) is 17.0 Å². The van der Waals surface area contributed by atoms with E-state index in [9.17, 15) is 9.90 Å². The Morgan fingerprint density at radius 2 is 2.00 bits per heavy atom. The predicted octanol–water partition coefficient (Wildman–Crippen LogP) is 1.86. The number of H-pyrrole nitrogens is 1. The van der Waals surface area contributed by atoms with Gasteiger partial charge in [-0.25, -0.2) is 5.10 Å². The molecule has 1 heterocycles. The van der Waals surface area contributed by atoms with Crippen molar-refractivity contribution in [3.63, 3.8) is 0 Å². The molecule has 0 unspecified atom stereocenters. The molecule has 0 bridgehead atoms. The first-order valence-corrected chi connectivity index (χ1v) is 7.67. The summed E-state index contributed by atoms with van der Waals surface area (Å²) in [6, 6.07) is 13.7. The summed E-state index contributed by atoms with van der Waals surface area (Å²) in [6.07, 6.45) is 1.41. The first-order valence-electron chi connectivity index (χ1n) is 7.26. The van der Waals surface area contributed by atoms with E-state index in [2.05, 4.69) is 15.3 Å². The second kappa shape index (κ2) is 7.10. The van der Waals surface area contributed by atoms with Crippen LogP contribution in [0.15, 0.2) is 53.6 Å². The van der Waals surface area contributed by atoms with Gasteiger partial charge in [0.1, 0.15) is 5.75 Å². The summed E-state index contributed by atoms with van der Waals surface area (Å²) < 4.78 is 6.84. The van der Waals surface area contributed by atoms with Crippen LogP contribution in [-0.4, -0.2) is 34.2 Å². The highest BCUT2D eigenvalue weighted by molar-refractivity contribution is 7.71. The minimum absolute atomic E-state index is 0.0484. The number of ether oxygens (including phenoxy) is 1. The van der Waals surface area contributed by atoms with E-state index < -0.39 is 5.97 Å². The van der Waals surface area contributed by atoms with E-state index in [-0.39, 0.29) is 10.3 Å². The van der Waals surface area contributed by atoms with Crippen LogP contribution in [0.3, 0.4) is 0 Å². The molecule has 0 atom stereocenters. The smallest absolute Gasteiger partial charge is 0.216 e. The number of carbonyl (C=O) groups is 1. The molecule has 3 rings (SSSR count). The predicted molar refractivity (Wildman–Crippen MR) is 93.2 cm³/mol. The molecule has 3 aromatic rings. The molecule has 0 saturated carbocycles. The Bertz CT molecular complexity index is 990. The van der Waals surface area contributed by atoms with Gasteiger partial charge in [-0.1, -0.05) is 24.3 Å². The number of aromatic amines is 1. The third kappa shape index (κ3) is 3.48. The van der Waals surface area contributed by atoms with E-state index in [0.717, 1.165) is 11.3 Å². The fourth-order valence-electron chi connectivity index (χ4n) is 2.24. The lowest BCUT2D eigenvalue weighted by molar-refractivity contribution is -0.255. The maximum Gasteiger partial charge on any atom is 0.216 e. The number of rotatable bonds is 5. The van der Waals surface area contributed by atoms with Crippen LogP contribution in [0.1, 0.15) is 15.9 Å². The number of aromatic carboxylic acids is 1. The number of hydrogen-bond donors (Lipinski definition) is 1. The molecule has 7 nitrogen and oxygen atoms in total. The highest BCUT2D eigenvalue weighted by Gasteiger charge is 2.08. The van der Waals surface area contributed by atoms with Gasteiger partial charge in [-0.15, -0.1) is 0 Å². The van der Waals surface area contributed by atoms with Crippen molar-refractivity contribution in [2.24, 2.45) is 5.10 Å². The fraction of sp³-hybridized carbons (Fsp3) is 0.0588. The van der Waals surface area contributed by atoms with Crippen LogP contribution in [-0.2, 0) is 0 Å². The number of methoxy groups -OCH3 is 1. The number of hydrogen-bond acceptors (Lipinski definition) is 6. The van der Waals surface area contributed by atoms with Gasteiger partial charge < -0.3 is 14.6 Å². The molecule has 25 heavy (non-hydrogen) atoms. The van der Waals surface area contributed by atoms with Crippen molar-refractivity contribution in [1.29, 1.82) is 0 Å². The summed E-state index contributed by atoms with van der Waals surface area (Å²) in [7, 11) is 1.59. The second-order valence-corrected chi connectivity index (χ2v) is 5.40. The zero-order chi connectivity index (χ0) is 17.8. The van der Waals surface area contributed by atoms with Crippen molar-refractivity contribution in [1.82, 2.24) is 14.9 Å². The summed E-state index contributed by atoms with van der Waals surface area (Å²) >= 11 is 5.20. The molecule has 1 aromatic heterocycles. The van der Waals surface area contributed by atoms with Crippen LogP contribution in [0.2, 0.25) is 0 Å². The van der Waals surface area contributed by atoms with Crippen LogP contribution in [0, 0.1) is 4.77 Å². The van der Waals surface area contributed by atoms with Crippen molar-refractivity contribution in [2.75, 3.05) is 7.11 Å². The van der Waals surface area contributed by atoms with Gasteiger partial charge in [0.25, 0.3) is 0 Å². The third-order valence-electron chi connectivity index (χ3n) is 3.49. The third-order valence-corrected chi connectivity index (χ3v) is 3.76. The second-order valence-electron chi connectivity index (χ2n) is 5.01. The Labute approximate surface area is 148 Å². The monoisotopic (exact) mass is 353 g/mol. The van der Waals surface area contributed by atoms with E-state index in [1.807, 2.05) is 12.1 Å².